The molecule has 2 N–H and O–H groups in total. The summed E-state index contributed by atoms with van der Waals surface area (Å²) in [6.07, 6.45) is 2.58. The third kappa shape index (κ3) is 6.55. The fourth-order valence-electron chi connectivity index (χ4n) is 2.38. The van der Waals surface area contributed by atoms with Gasteiger partial charge in [0.15, 0.2) is 5.96 Å². The molecule has 0 aliphatic carbocycles. The highest BCUT2D eigenvalue weighted by molar-refractivity contribution is 6.30. The summed E-state index contributed by atoms with van der Waals surface area (Å²) < 4.78 is 7.89. The Labute approximate surface area is 159 Å². The van der Waals surface area contributed by atoms with Crippen LogP contribution in [0.2, 0.25) is 5.02 Å². The summed E-state index contributed by atoms with van der Waals surface area (Å²) in [5.74, 6) is 2.54. The van der Waals surface area contributed by atoms with E-state index in [4.69, 9.17) is 16.3 Å². The first-order valence-electron chi connectivity index (χ1n) is 8.93. The van der Waals surface area contributed by atoms with Crippen LogP contribution in [0.15, 0.2) is 35.6 Å². The van der Waals surface area contributed by atoms with Crippen molar-refractivity contribution in [2.45, 2.75) is 39.8 Å². The van der Waals surface area contributed by atoms with Gasteiger partial charge in [0.2, 0.25) is 0 Å². The van der Waals surface area contributed by atoms with Crippen LogP contribution in [0.1, 0.15) is 26.6 Å². The maximum Gasteiger partial charge on any atom is 0.191 e. The lowest BCUT2D eigenvalue weighted by atomic mass is 10.3. The predicted molar refractivity (Wildman–Crippen MR) is 105 cm³/mol. The molecule has 0 amide bonds. The summed E-state index contributed by atoms with van der Waals surface area (Å²) in [5.41, 5.74) is 0. The number of rotatable bonds is 9. The molecule has 1 unspecified atom stereocenters. The Hall–Kier alpha value is -2.28. The van der Waals surface area contributed by atoms with E-state index < -0.39 is 0 Å². The van der Waals surface area contributed by atoms with Crippen molar-refractivity contribution >= 4 is 17.6 Å². The summed E-state index contributed by atoms with van der Waals surface area (Å²) in [6, 6.07) is 7.34. The van der Waals surface area contributed by atoms with E-state index in [0.717, 1.165) is 43.6 Å². The minimum atomic E-state index is -0.0452. The topological polar surface area (TPSA) is 76.4 Å². The first kappa shape index (κ1) is 20.0. The molecule has 1 aromatic heterocycles. The van der Waals surface area contributed by atoms with Crippen LogP contribution in [0.5, 0.6) is 5.75 Å². The zero-order chi connectivity index (χ0) is 18.8. The van der Waals surface area contributed by atoms with Gasteiger partial charge >= 0.3 is 0 Å². The number of halogens is 1. The molecule has 2 rings (SSSR count). The molecule has 0 saturated heterocycles. The molecule has 1 aromatic carbocycles. The minimum Gasteiger partial charge on any atom is -0.489 e. The minimum absolute atomic E-state index is 0.0452. The second-order valence-corrected chi connectivity index (χ2v) is 6.26. The molecule has 8 heteroatoms. The van der Waals surface area contributed by atoms with Gasteiger partial charge in [-0.05, 0) is 38.1 Å². The van der Waals surface area contributed by atoms with Crippen molar-refractivity contribution in [3.8, 4) is 5.75 Å². The number of nitrogens with one attached hydrogen (secondary N) is 2. The van der Waals surface area contributed by atoms with Gasteiger partial charge in [-0.3, -0.25) is 0 Å². The maximum atomic E-state index is 5.89. The number of aliphatic imine (C=N–C) groups is 1. The van der Waals surface area contributed by atoms with Gasteiger partial charge in [-0.2, -0.15) is 0 Å². The number of hydrogen-bond acceptors (Lipinski definition) is 4. The molecule has 2 aromatic rings. The molecule has 0 radical (unpaired) electrons. The van der Waals surface area contributed by atoms with E-state index in [1.165, 1.54) is 0 Å². The SMILES string of the molecule is CCNC(=NCC(C)Oc1ccc(Cl)cc1)NCCn1cnnc1CC. The van der Waals surface area contributed by atoms with Gasteiger partial charge in [0.05, 0.1) is 6.54 Å². The van der Waals surface area contributed by atoms with Crippen LogP contribution in [-0.4, -0.2) is 46.5 Å². The molecule has 0 saturated carbocycles. The quantitative estimate of drug-likeness (QED) is 0.518. The highest BCUT2D eigenvalue weighted by Crippen LogP contribution is 2.16. The molecule has 0 fully saturated rings. The van der Waals surface area contributed by atoms with Crippen LogP contribution in [-0.2, 0) is 13.0 Å². The van der Waals surface area contributed by atoms with Crippen LogP contribution in [0.3, 0.4) is 0 Å². The smallest absolute Gasteiger partial charge is 0.191 e. The number of ether oxygens (including phenoxy) is 1. The molecule has 0 aliphatic rings. The number of aryl methyl sites for hydroxylation is 1. The number of benzene rings is 1. The Morgan fingerprint density at radius 1 is 1.27 bits per heavy atom. The van der Waals surface area contributed by atoms with E-state index in [9.17, 15) is 0 Å². The monoisotopic (exact) mass is 378 g/mol. The van der Waals surface area contributed by atoms with E-state index in [1.807, 2.05) is 42.7 Å². The van der Waals surface area contributed by atoms with Gasteiger partial charge in [0.25, 0.3) is 0 Å². The Morgan fingerprint density at radius 3 is 2.73 bits per heavy atom. The van der Waals surface area contributed by atoms with Crippen LogP contribution < -0.4 is 15.4 Å². The van der Waals surface area contributed by atoms with Gasteiger partial charge in [-0.15, -0.1) is 10.2 Å². The van der Waals surface area contributed by atoms with Crippen molar-refractivity contribution < 1.29 is 4.74 Å². The van der Waals surface area contributed by atoms with Crippen molar-refractivity contribution in [3.63, 3.8) is 0 Å². The van der Waals surface area contributed by atoms with Gasteiger partial charge in [0.1, 0.15) is 24.0 Å². The summed E-state index contributed by atoms with van der Waals surface area (Å²) in [5, 5.41) is 15.3. The fraction of sp³-hybridized carbons (Fsp3) is 0.500. The number of guanidine groups is 1. The maximum absolute atomic E-state index is 5.89. The fourth-order valence-corrected chi connectivity index (χ4v) is 2.50. The van der Waals surface area contributed by atoms with E-state index in [1.54, 1.807) is 6.33 Å². The molecule has 0 bridgehead atoms. The first-order valence-corrected chi connectivity index (χ1v) is 9.31. The summed E-state index contributed by atoms with van der Waals surface area (Å²) in [7, 11) is 0. The molecule has 1 atom stereocenters. The van der Waals surface area contributed by atoms with Crippen LogP contribution in [0.25, 0.3) is 0 Å². The lowest BCUT2D eigenvalue weighted by molar-refractivity contribution is 0.230. The Morgan fingerprint density at radius 2 is 2.04 bits per heavy atom. The molecule has 142 valence electrons. The highest BCUT2D eigenvalue weighted by Gasteiger charge is 2.06. The largest absolute Gasteiger partial charge is 0.489 e. The van der Waals surface area contributed by atoms with Gasteiger partial charge in [-0.25, -0.2) is 4.99 Å². The van der Waals surface area contributed by atoms with Crippen molar-refractivity contribution in [1.82, 2.24) is 25.4 Å². The Balaban J connectivity index is 1.82. The third-order valence-electron chi connectivity index (χ3n) is 3.66. The van der Waals surface area contributed by atoms with Gasteiger partial charge in [-0.1, -0.05) is 18.5 Å². The zero-order valence-electron chi connectivity index (χ0n) is 15.6. The number of aromatic nitrogens is 3. The van der Waals surface area contributed by atoms with Crippen LogP contribution in [0, 0.1) is 0 Å². The zero-order valence-corrected chi connectivity index (χ0v) is 16.3. The van der Waals surface area contributed by atoms with E-state index in [-0.39, 0.29) is 6.10 Å². The summed E-state index contributed by atoms with van der Waals surface area (Å²) in [4.78, 5) is 4.59. The van der Waals surface area contributed by atoms with E-state index in [2.05, 4.69) is 32.7 Å². The molecule has 7 nitrogen and oxygen atoms in total. The van der Waals surface area contributed by atoms with Gasteiger partial charge < -0.3 is 19.9 Å². The number of hydrogen-bond donors (Lipinski definition) is 2. The van der Waals surface area contributed by atoms with Gasteiger partial charge in [0, 0.05) is 31.1 Å². The van der Waals surface area contributed by atoms with E-state index in [0.29, 0.717) is 11.6 Å². The van der Waals surface area contributed by atoms with Crippen molar-refractivity contribution in [2.75, 3.05) is 19.6 Å². The lowest BCUT2D eigenvalue weighted by Gasteiger charge is -2.15. The average molecular weight is 379 g/mol. The molecule has 0 aliphatic heterocycles. The summed E-state index contributed by atoms with van der Waals surface area (Å²) >= 11 is 5.89. The van der Waals surface area contributed by atoms with Crippen LogP contribution >= 0.6 is 11.6 Å². The normalized spacial score (nSPS) is 12.7. The van der Waals surface area contributed by atoms with Crippen molar-refractivity contribution in [2.24, 2.45) is 4.99 Å². The third-order valence-corrected chi connectivity index (χ3v) is 3.91. The predicted octanol–water partition coefficient (Wildman–Crippen LogP) is 2.52. The standard InChI is InChI=1S/C18H27ClN6O/c1-4-17-24-23-13-25(17)11-10-21-18(20-5-2)22-12-14(3)26-16-8-6-15(19)7-9-16/h6-9,13-14H,4-5,10-12H2,1-3H3,(H2,20,21,22). The van der Waals surface area contributed by atoms with Crippen molar-refractivity contribution in [1.29, 1.82) is 0 Å². The van der Waals surface area contributed by atoms with Crippen LogP contribution in [0.4, 0.5) is 0 Å². The Bertz CT molecular complexity index is 685. The average Bonchev–Trinajstić information content (AvgIpc) is 3.09. The van der Waals surface area contributed by atoms with Crippen molar-refractivity contribution in [3.05, 3.63) is 41.4 Å². The second kappa shape index (κ2) is 10.7. The molecular formula is C18H27ClN6O. The first-order chi connectivity index (χ1) is 12.6. The van der Waals surface area contributed by atoms with E-state index >= 15 is 0 Å². The molecule has 26 heavy (non-hydrogen) atoms. The molecule has 0 spiro atoms. The molecular weight excluding hydrogens is 352 g/mol. The highest BCUT2D eigenvalue weighted by atomic mass is 35.5. The summed E-state index contributed by atoms with van der Waals surface area (Å²) in [6.45, 7) is 8.98. The number of nitrogens with zero attached hydrogens (tertiary/aromatic N) is 4. The molecule has 1 heterocycles. The second-order valence-electron chi connectivity index (χ2n) is 5.82. The lowest BCUT2D eigenvalue weighted by Crippen LogP contribution is -2.39. The Kier molecular flexibility index (Phi) is 8.21.